The summed E-state index contributed by atoms with van der Waals surface area (Å²) in [5, 5.41) is 14.5. The van der Waals surface area contributed by atoms with E-state index in [2.05, 4.69) is 29.6 Å². The number of hydrogen-bond donors (Lipinski definition) is 1. The van der Waals surface area contributed by atoms with Crippen molar-refractivity contribution in [1.29, 1.82) is 0 Å². The minimum atomic E-state index is -1.000. The van der Waals surface area contributed by atoms with E-state index >= 15 is 0 Å². The molecule has 1 fully saturated rings. The minimum absolute atomic E-state index is 0.0873. The summed E-state index contributed by atoms with van der Waals surface area (Å²) in [5.41, 5.74) is 1.22. The summed E-state index contributed by atoms with van der Waals surface area (Å²) in [6, 6.07) is 8.74. The van der Waals surface area contributed by atoms with E-state index in [1.54, 1.807) is 11.3 Å². The first kappa shape index (κ1) is 15.0. The smallest absolute Gasteiger partial charge is 0.172 e. The lowest BCUT2D eigenvalue weighted by Gasteiger charge is -2.38. The van der Waals surface area contributed by atoms with Crippen molar-refractivity contribution in [2.24, 2.45) is 0 Å². The van der Waals surface area contributed by atoms with E-state index in [-0.39, 0.29) is 5.92 Å². The molecule has 114 valence electrons. The van der Waals surface area contributed by atoms with Crippen LogP contribution < -0.4 is 0 Å². The molecule has 2 atom stereocenters. The van der Waals surface area contributed by atoms with Gasteiger partial charge in [-0.15, -0.1) is 11.3 Å². The topological polar surface area (TPSA) is 29.5 Å². The van der Waals surface area contributed by atoms with Gasteiger partial charge in [0.2, 0.25) is 0 Å². The first-order chi connectivity index (χ1) is 10.2. The fourth-order valence-electron chi connectivity index (χ4n) is 3.52. The van der Waals surface area contributed by atoms with Crippen LogP contribution in [0.4, 0.5) is 0 Å². The Morgan fingerprint density at radius 3 is 2.95 bits per heavy atom. The van der Waals surface area contributed by atoms with Gasteiger partial charge in [-0.3, -0.25) is 0 Å². The molecule has 0 radical (unpaired) electrons. The fourth-order valence-corrected chi connectivity index (χ4v) is 4.36. The van der Waals surface area contributed by atoms with Gasteiger partial charge in [0.15, 0.2) is 5.79 Å². The van der Waals surface area contributed by atoms with Crippen LogP contribution in [0.3, 0.4) is 0 Å². The second-order valence-electron chi connectivity index (χ2n) is 6.00. The van der Waals surface area contributed by atoms with Crippen LogP contribution in [0.5, 0.6) is 0 Å². The third-order valence-electron chi connectivity index (χ3n) is 4.60. The Labute approximate surface area is 130 Å². The highest BCUT2D eigenvalue weighted by Gasteiger charge is 2.38. The van der Waals surface area contributed by atoms with E-state index in [0.29, 0.717) is 6.61 Å². The Kier molecular flexibility index (Phi) is 4.63. The molecule has 0 spiro atoms. The molecule has 21 heavy (non-hydrogen) atoms. The molecule has 1 aliphatic rings. The van der Waals surface area contributed by atoms with Gasteiger partial charge in [-0.05, 0) is 48.2 Å². The molecule has 1 aromatic heterocycles. The van der Waals surface area contributed by atoms with E-state index in [1.165, 1.54) is 34.9 Å². The lowest BCUT2D eigenvalue weighted by molar-refractivity contribution is -0.224. The standard InChI is InChI=1S/C18H24O2S/c1-2-20-18(19)11-6-4-3-5-7-16(18)15-9-8-14-10-12-21-17(14)13-15/h8-10,12-13,16,19H,2-7,11H2,1H3. The molecule has 2 unspecified atom stereocenters. The predicted octanol–water partition coefficient (Wildman–Crippen LogP) is 5.06. The predicted molar refractivity (Wildman–Crippen MR) is 88.8 cm³/mol. The maximum absolute atomic E-state index is 11.1. The van der Waals surface area contributed by atoms with Crippen molar-refractivity contribution in [3.63, 3.8) is 0 Å². The Bertz CT molecular complexity index is 592. The lowest BCUT2D eigenvalue weighted by atomic mass is 9.81. The van der Waals surface area contributed by atoms with E-state index in [4.69, 9.17) is 4.74 Å². The van der Waals surface area contributed by atoms with Crippen molar-refractivity contribution < 1.29 is 9.84 Å². The molecule has 2 aromatic rings. The average molecular weight is 304 g/mol. The number of aliphatic hydroxyl groups is 1. The summed E-state index contributed by atoms with van der Waals surface area (Å²) < 4.78 is 7.12. The molecule has 1 heterocycles. The van der Waals surface area contributed by atoms with E-state index < -0.39 is 5.79 Å². The van der Waals surface area contributed by atoms with Crippen molar-refractivity contribution >= 4 is 21.4 Å². The quantitative estimate of drug-likeness (QED) is 0.803. The molecular formula is C18H24O2S. The van der Waals surface area contributed by atoms with Crippen molar-refractivity contribution in [2.45, 2.75) is 57.2 Å². The molecule has 2 nitrogen and oxygen atoms in total. The molecule has 1 aromatic carbocycles. The molecule has 3 rings (SSSR count). The molecular weight excluding hydrogens is 280 g/mol. The summed E-state index contributed by atoms with van der Waals surface area (Å²) in [7, 11) is 0. The normalized spacial score (nSPS) is 27.4. The molecule has 0 aliphatic heterocycles. The number of ether oxygens (including phenoxy) is 1. The Balaban J connectivity index is 1.96. The molecule has 0 saturated heterocycles. The van der Waals surface area contributed by atoms with Crippen molar-refractivity contribution in [3.8, 4) is 0 Å². The molecule has 1 aliphatic carbocycles. The van der Waals surface area contributed by atoms with E-state index in [9.17, 15) is 5.11 Å². The highest BCUT2D eigenvalue weighted by Crippen LogP contribution is 2.40. The number of fused-ring (bicyclic) bond motifs is 1. The zero-order valence-electron chi connectivity index (χ0n) is 12.7. The van der Waals surface area contributed by atoms with Gasteiger partial charge in [0.25, 0.3) is 0 Å². The number of hydrogen-bond acceptors (Lipinski definition) is 3. The Morgan fingerprint density at radius 1 is 1.24 bits per heavy atom. The highest BCUT2D eigenvalue weighted by atomic mass is 32.1. The maximum atomic E-state index is 11.1. The van der Waals surface area contributed by atoms with Crippen LogP contribution in [0.2, 0.25) is 0 Å². The SMILES string of the molecule is CCOC1(O)CCCCCCC1c1ccc2ccsc2c1. The van der Waals surface area contributed by atoms with E-state index in [1.807, 2.05) is 6.92 Å². The Morgan fingerprint density at radius 2 is 2.10 bits per heavy atom. The minimum Gasteiger partial charge on any atom is -0.365 e. The van der Waals surface area contributed by atoms with Crippen LogP contribution in [0, 0.1) is 0 Å². The van der Waals surface area contributed by atoms with Crippen LogP contribution in [0.25, 0.3) is 10.1 Å². The highest BCUT2D eigenvalue weighted by molar-refractivity contribution is 7.17. The number of rotatable bonds is 3. The average Bonchev–Trinajstić information content (AvgIpc) is 2.91. The maximum Gasteiger partial charge on any atom is 0.172 e. The van der Waals surface area contributed by atoms with Gasteiger partial charge in [-0.2, -0.15) is 0 Å². The number of benzene rings is 1. The van der Waals surface area contributed by atoms with Gasteiger partial charge in [-0.1, -0.05) is 31.4 Å². The van der Waals surface area contributed by atoms with Crippen molar-refractivity contribution in [3.05, 3.63) is 35.2 Å². The Hall–Kier alpha value is -0.900. The molecule has 3 heteroatoms. The summed E-state index contributed by atoms with van der Waals surface area (Å²) >= 11 is 1.77. The van der Waals surface area contributed by atoms with Crippen LogP contribution >= 0.6 is 11.3 Å². The summed E-state index contributed by atoms with van der Waals surface area (Å²) in [4.78, 5) is 0. The van der Waals surface area contributed by atoms with Gasteiger partial charge in [0.05, 0.1) is 0 Å². The fraction of sp³-hybridized carbons (Fsp3) is 0.556. The van der Waals surface area contributed by atoms with E-state index in [0.717, 1.165) is 19.3 Å². The monoisotopic (exact) mass is 304 g/mol. The summed E-state index contributed by atoms with van der Waals surface area (Å²) in [6.45, 7) is 2.53. The second-order valence-corrected chi connectivity index (χ2v) is 6.95. The molecule has 1 saturated carbocycles. The number of thiophene rings is 1. The largest absolute Gasteiger partial charge is 0.365 e. The van der Waals surface area contributed by atoms with Crippen LogP contribution in [-0.2, 0) is 4.74 Å². The third kappa shape index (κ3) is 3.15. The molecule has 1 N–H and O–H groups in total. The zero-order valence-corrected chi connectivity index (χ0v) is 13.5. The van der Waals surface area contributed by atoms with Crippen LogP contribution in [0.15, 0.2) is 29.6 Å². The first-order valence-corrected chi connectivity index (χ1v) is 8.94. The third-order valence-corrected chi connectivity index (χ3v) is 5.48. The van der Waals surface area contributed by atoms with Crippen LogP contribution in [-0.4, -0.2) is 17.5 Å². The summed E-state index contributed by atoms with van der Waals surface area (Å²) in [6.07, 6.45) is 6.43. The second kappa shape index (κ2) is 6.47. The summed E-state index contributed by atoms with van der Waals surface area (Å²) in [5.74, 6) is -0.913. The van der Waals surface area contributed by atoms with Gasteiger partial charge in [0.1, 0.15) is 0 Å². The van der Waals surface area contributed by atoms with Gasteiger partial charge < -0.3 is 9.84 Å². The zero-order chi connectivity index (χ0) is 14.7. The molecule has 0 bridgehead atoms. The first-order valence-electron chi connectivity index (χ1n) is 8.06. The lowest BCUT2D eigenvalue weighted by Crippen LogP contribution is -2.40. The van der Waals surface area contributed by atoms with Crippen molar-refractivity contribution in [1.82, 2.24) is 0 Å². The van der Waals surface area contributed by atoms with Gasteiger partial charge in [0, 0.05) is 23.6 Å². The molecule has 0 amide bonds. The van der Waals surface area contributed by atoms with Crippen molar-refractivity contribution in [2.75, 3.05) is 6.61 Å². The van der Waals surface area contributed by atoms with Gasteiger partial charge in [-0.25, -0.2) is 0 Å². The van der Waals surface area contributed by atoms with Gasteiger partial charge >= 0.3 is 0 Å². The van der Waals surface area contributed by atoms with Crippen LogP contribution in [0.1, 0.15) is 56.9 Å².